The van der Waals surface area contributed by atoms with Crippen LogP contribution < -0.4 is 19.6 Å². The lowest BCUT2D eigenvalue weighted by molar-refractivity contribution is 0.0733. The number of halogens is 4. The largest absolute Gasteiger partial charge is 0.454 e. The van der Waals surface area contributed by atoms with E-state index in [2.05, 4.69) is 31.4 Å². The maximum atomic E-state index is 13.4. The Labute approximate surface area is 262 Å². The Morgan fingerprint density at radius 2 is 1.76 bits per heavy atom. The van der Waals surface area contributed by atoms with Crippen LogP contribution in [0.25, 0.3) is 22.0 Å². The summed E-state index contributed by atoms with van der Waals surface area (Å²) < 4.78 is 17.0. The quantitative estimate of drug-likeness (QED) is 0.0811. The predicted molar refractivity (Wildman–Crippen MR) is 165 cm³/mol. The van der Waals surface area contributed by atoms with Gasteiger partial charge in [0.25, 0.3) is 5.91 Å². The first-order valence-corrected chi connectivity index (χ1v) is 14.2. The third kappa shape index (κ3) is 5.56. The summed E-state index contributed by atoms with van der Waals surface area (Å²) in [5, 5.41) is 5.94. The van der Waals surface area contributed by atoms with Crippen LogP contribution in [0.1, 0.15) is 26.4 Å². The van der Waals surface area contributed by atoms with Crippen LogP contribution in [-0.2, 0) is 0 Å². The highest BCUT2D eigenvalue weighted by molar-refractivity contribution is 9.10. The number of carbonyl (C=O) groups excluding carboxylic acids is 2. The summed E-state index contributed by atoms with van der Waals surface area (Å²) >= 11 is 22.6. The maximum absolute atomic E-state index is 13.4. The summed E-state index contributed by atoms with van der Waals surface area (Å²) in [5.41, 5.74) is 5.08. The van der Waals surface area contributed by atoms with Gasteiger partial charge in [0.15, 0.2) is 11.5 Å². The van der Waals surface area contributed by atoms with Gasteiger partial charge in [0.2, 0.25) is 6.79 Å². The first-order valence-electron chi connectivity index (χ1n) is 12.3. The molecule has 0 unspecified atom stereocenters. The van der Waals surface area contributed by atoms with Gasteiger partial charge >= 0.3 is 5.97 Å². The average molecular weight is 686 g/mol. The molecule has 12 heteroatoms. The van der Waals surface area contributed by atoms with Crippen LogP contribution >= 0.6 is 50.7 Å². The summed E-state index contributed by atoms with van der Waals surface area (Å²) in [4.78, 5) is 29.4. The van der Waals surface area contributed by atoms with Gasteiger partial charge in [-0.2, -0.15) is 5.10 Å². The number of hydrogen-bond donors (Lipinski definition) is 2. The average Bonchev–Trinajstić information content (AvgIpc) is 3.59. The molecular weight excluding hydrogens is 669 g/mol. The molecule has 0 radical (unpaired) electrons. The lowest BCUT2D eigenvalue weighted by Crippen LogP contribution is -2.19. The van der Waals surface area contributed by atoms with E-state index in [1.165, 1.54) is 6.21 Å². The first kappa shape index (κ1) is 28.1. The van der Waals surface area contributed by atoms with Gasteiger partial charge in [0.05, 0.1) is 22.3 Å². The molecule has 42 heavy (non-hydrogen) atoms. The molecule has 0 saturated carbocycles. The highest BCUT2D eigenvalue weighted by Crippen LogP contribution is 2.40. The highest BCUT2D eigenvalue weighted by atomic mass is 79.9. The number of aromatic nitrogens is 1. The number of rotatable bonds is 6. The van der Waals surface area contributed by atoms with Crippen LogP contribution in [0.15, 0.2) is 82.4 Å². The Bertz CT molecular complexity index is 1920. The Balaban J connectivity index is 1.28. The highest BCUT2D eigenvalue weighted by Gasteiger charge is 2.23. The molecule has 0 saturated heterocycles. The normalized spacial score (nSPS) is 12.2. The van der Waals surface area contributed by atoms with Crippen LogP contribution in [0.4, 0.5) is 0 Å². The third-order valence-electron chi connectivity index (χ3n) is 6.35. The van der Waals surface area contributed by atoms with Crippen LogP contribution in [0, 0.1) is 0 Å². The molecule has 2 N–H and O–H groups in total. The van der Waals surface area contributed by atoms with Crippen molar-refractivity contribution in [3.63, 3.8) is 0 Å². The Kier molecular flexibility index (Phi) is 7.83. The van der Waals surface area contributed by atoms with Crippen molar-refractivity contribution < 1.29 is 23.8 Å². The number of ether oxygens (including phenoxy) is 3. The zero-order valence-corrected chi connectivity index (χ0v) is 25.1. The third-order valence-corrected chi connectivity index (χ3v) is 7.69. The van der Waals surface area contributed by atoms with Gasteiger partial charge in [0, 0.05) is 36.6 Å². The molecular formula is C30H17BrCl3N3O5. The van der Waals surface area contributed by atoms with E-state index in [1.807, 2.05) is 6.07 Å². The van der Waals surface area contributed by atoms with Gasteiger partial charge in [-0.1, -0.05) is 68.9 Å². The maximum Gasteiger partial charge on any atom is 0.343 e. The first-order chi connectivity index (χ1) is 20.3. The Morgan fingerprint density at radius 3 is 2.60 bits per heavy atom. The van der Waals surface area contributed by atoms with Gasteiger partial charge < -0.3 is 19.2 Å². The zero-order chi connectivity index (χ0) is 29.4. The lowest BCUT2D eigenvalue weighted by atomic mass is 10.0. The van der Waals surface area contributed by atoms with E-state index >= 15 is 0 Å². The molecule has 1 aliphatic rings. The Morgan fingerprint density at radius 1 is 0.952 bits per heavy atom. The molecule has 0 spiro atoms. The summed E-state index contributed by atoms with van der Waals surface area (Å²) in [6.07, 6.45) is 1.37. The summed E-state index contributed by atoms with van der Waals surface area (Å²) in [5.74, 6) is 0.0756. The molecule has 6 rings (SSSR count). The van der Waals surface area contributed by atoms with E-state index in [9.17, 15) is 9.59 Å². The number of carbonyl (C=O) groups is 2. The van der Waals surface area contributed by atoms with Gasteiger partial charge in [-0.05, 0) is 54.6 Å². The minimum atomic E-state index is -0.604. The second kappa shape index (κ2) is 11.7. The minimum Gasteiger partial charge on any atom is -0.454 e. The van der Waals surface area contributed by atoms with Crippen molar-refractivity contribution in [3.05, 3.63) is 109 Å². The Hall–Kier alpha value is -4.02. The van der Waals surface area contributed by atoms with Crippen LogP contribution in [-0.4, -0.2) is 29.9 Å². The molecule has 1 aromatic heterocycles. The van der Waals surface area contributed by atoms with E-state index in [0.29, 0.717) is 58.6 Å². The van der Waals surface area contributed by atoms with E-state index in [-0.39, 0.29) is 23.8 Å². The fourth-order valence-corrected chi connectivity index (χ4v) is 5.60. The predicted octanol–water partition coefficient (Wildman–Crippen LogP) is 8.27. The van der Waals surface area contributed by atoms with Crippen molar-refractivity contribution >= 4 is 79.7 Å². The monoisotopic (exact) mass is 683 g/mol. The zero-order valence-electron chi connectivity index (χ0n) is 21.2. The number of benzene rings is 4. The lowest BCUT2D eigenvalue weighted by Gasteiger charge is -2.09. The van der Waals surface area contributed by atoms with Gasteiger partial charge in [-0.25, -0.2) is 10.2 Å². The van der Waals surface area contributed by atoms with Crippen molar-refractivity contribution in [2.45, 2.75) is 0 Å². The van der Waals surface area contributed by atoms with E-state index < -0.39 is 11.9 Å². The van der Waals surface area contributed by atoms with E-state index in [1.54, 1.807) is 66.7 Å². The van der Waals surface area contributed by atoms with Gasteiger partial charge in [-0.15, -0.1) is 0 Å². The minimum absolute atomic E-state index is 0.0893. The molecule has 1 aliphatic heterocycles. The number of nitrogens with one attached hydrogen (secondary N) is 2. The number of fused-ring (bicyclic) bond motifs is 2. The van der Waals surface area contributed by atoms with Crippen LogP contribution in [0.3, 0.4) is 0 Å². The van der Waals surface area contributed by atoms with Crippen molar-refractivity contribution in [2.24, 2.45) is 5.10 Å². The molecule has 210 valence electrons. The SMILES string of the molecule is O=C(Oc1ccc(Br)cc1C=NNC(=O)c1[nH]c2c(Cl)cc(Cl)cc2c1-c1ccccc1Cl)c1ccc2c(c1)OCO2. The van der Waals surface area contributed by atoms with Crippen molar-refractivity contribution in [1.29, 1.82) is 0 Å². The van der Waals surface area contributed by atoms with E-state index in [4.69, 9.17) is 49.0 Å². The van der Waals surface area contributed by atoms with E-state index in [0.717, 1.165) is 0 Å². The van der Waals surface area contributed by atoms with Gasteiger partial charge in [0.1, 0.15) is 11.4 Å². The molecule has 0 bridgehead atoms. The molecule has 0 aliphatic carbocycles. The fourth-order valence-electron chi connectivity index (χ4n) is 4.45. The smallest absolute Gasteiger partial charge is 0.343 e. The van der Waals surface area contributed by atoms with Crippen LogP contribution in [0.2, 0.25) is 15.1 Å². The summed E-state index contributed by atoms with van der Waals surface area (Å²) in [6.45, 7) is 0.0893. The van der Waals surface area contributed by atoms with Crippen molar-refractivity contribution in [2.75, 3.05) is 6.79 Å². The van der Waals surface area contributed by atoms with Crippen molar-refractivity contribution in [1.82, 2.24) is 10.4 Å². The number of esters is 1. The number of hydrazone groups is 1. The van der Waals surface area contributed by atoms with Gasteiger partial charge in [-0.3, -0.25) is 4.79 Å². The summed E-state index contributed by atoms with van der Waals surface area (Å²) in [6, 6.07) is 20.2. The second-order valence-corrected chi connectivity index (χ2v) is 11.2. The molecule has 4 aromatic carbocycles. The summed E-state index contributed by atoms with van der Waals surface area (Å²) in [7, 11) is 0. The molecule has 8 nitrogen and oxygen atoms in total. The number of hydrogen-bond acceptors (Lipinski definition) is 6. The molecule has 1 amide bonds. The molecule has 0 fully saturated rings. The standard InChI is InChI=1S/C30H17BrCl3N3O5/c31-17-6-8-23(42-30(39)15-5-7-24-25(10-15)41-14-40-24)16(9-17)13-35-37-29(38)28-26(19-3-1-2-4-21(19)33)20-11-18(32)12-22(34)27(20)36-28/h1-13,36H,14H2,(H,37,38). The number of H-pyrrole nitrogens is 1. The number of nitrogens with zero attached hydrogens (tertiary/aromatic N) is 1. The molecule has 0 atom stereocenters. The second-order valence-electron chi connectivity index (χ2n) is 9.00. The number of aromatic amines is 1. The number of amides is 1. The van der Waals surface area contributed by atoms with Crippen molar-refractivity contribution in [3.8, 4) is 28.4 Å². The molecule has 2 heterocycles. The topological polar surface area (TPSA) is 102 Å². The van der Waals surface area contributed by atoms with Crippen LogP contribution in [0.5, 0.6) is 17.2 Å². The molecule has 5 aromatic rings. The fraction of sp³-hybridized carbons (Fsp3) is 0.0333.